The monoisotopic (exact) mass is 343 g/mol. The molecular formula is C20H29N3O2. The highest BCUT2D eigenvalue weighted by Crippen LogP contribution is 2.34. The Morgan fingerprint density at radius 1 is 1.16 bits per heavy atom. The lowest BCUT2D eigenvalue weighted by Gasteiger charge is -2.25. The maximum absolute atomic E-state index is 5.73. The van der Waals surface area contributed by atoms with Gasteiger partial charge < -0.3 is 14.8 Å². The molecule has 0 aliphatic carbocycles. The Kier molecular flexibility index (Phi) is 5.04. The molecule has 5 heteroatoms. The zero-order valence-electron chi connectivity index (χ0n) is 15.9. The molecule has 136 valence electrons. The second kappa shape index (κ2) is 7.08. The largest absolute Gasteiger partial charge is 0.486 e. The summed E-state index contributed by atoms with van der Waals surface area (Å²) in [6.45, 7) is 12.9. The van der Waals surface area contributed by atoms with E-state index in [0.29, 0.717) is 19.1 Å². The molecule has 1 N–H and O–H groups in total. The second-order valence-electron chi connectivity index (χ2n) is 7.97. The Morgan fingerprint density at radius 2 is 1.88 bits per heavy atom. The van der Waals surface area contributed by atoms with Crippen LogP contribution in [0.25, 0.3) is 0 Å². The van der Waals surface area contributed by atoms with E-state index in [1.165, 1.54) is 11.1 Å². The topological polar surface area (TPSA) is 48.3 Å². The van der Waals surface area contributed by atoms with Crippen LogP contribution in [0.15, 0.2) is 30.6 Å². The van der Waals surface area contributed by atoms with E-state index in [-0.39, 0.29) is 11.6 Å². The average Bonchev–Trinajstić information content (AvgIpc) is 3.04. The van der Waals surface area contributed by atoms with Gasteiger partial charge in [-0.1, -0.05) is 19.9 Å². The number of hydrogen-bond acceptors (Lipinski definition) is 4. The van der Waals surface area contributed by atoms with Crippen LogP contribution in [-0.2, 0) is 12.1 Å². The van der Waals surface area contributed by atoms with Crippen LogP contribution in [-0.4, -0.2) is 23.0 Å². The predicted octanol–water partition coefficient (Wildman–Crippen LogP) is 3.90. The van der Waals surface area contributed by atoms with Crippen LogP contribution in [0.1, 0.15) is 51.8 Å². The van der Waals surface area contributed by atoms with Crippen LogP contribution >= 0.6 is 0 Å². The number of hydrogen-bond donors (Lipinski definition) is 1. The van der Waals surface area contributed by atoms with Gasteiger partial charge >= 0.3 is 0 Å². The van der Waals surface area contributed by atoms with Crippen LogP contribution in [0.2, 0.25) is 0 Å². The summed E-state index contributed by atoms with van der Waals surface area (Å²) in [6, 6.07) is 6.49. The van der Waals surface area contributed by atoms with Crippen LogP contribution in [0.3, 0.4) is 0 Å². The molecule has 1 aliphatic rings. The lowest BCUT2D eigenvalue weighted by molar-refractivity contribution is 0.171. The number of nitrogens with zero attached hydrogens (tertiary/aromatic N) is 2. The summed E-state index contributed by atoms with van der Waals surface area (Å²) in [5.41, 5.74) is 2.42. The first-order chi connectivity index (χ1) is 11.8. The van der Waals surface area contributed by atoms with Crippen LogP contribution < -0.4 is 14.8 Å². The van der Waals surface area contributed by atoms with E-state index in [1.807, 2.05) is 16.9 Å². The minimum atomic E-state index is 0.00549. The summed E-state index contributed by atoms with van der Waals surface area (Å²) >= 11 is 0. The number of fused-ring (bicyclic) bond motifs is 1. The van der Waals surface area contributed by atoms with Crippen molar-refractivity contribution in [2.24, 2.45) is 5.92 Å². The van der Waals surface area contributed by atoms with Gasteiger partial charge in [0, 0.05) is 24.3 Å². The third-order valence-electron chi connectivity index (χ3n) is 4.44. The van der Waals surface area contributed by atoms with Gasteiger partial charge in [-0.05, 0) is 44.4 Å². The standard InChI is InChI=1S/C20H29N3O2/c1-14(2)19(16-6-7-17-18(10-16)25-9-8-24-17)21-11-15-12-22-23(13-15)20(3,4)5/h6-7,10,12-14,19,21H,8-9,11H2,1-5H3. The molecule has 0 spiro atoms. The van der Waals surface area contributed by atoms with E-state index < -0.39 is 0 Å². The van der Waals surface area contributed by atoms with Gasteiger partial charge in [0.05, 0.1) is 11.7 Å². The normalized spacial score (nSPS) is 15.4. The van der Waals surface area contributed by atoms with Gasteiger partial charge in [0.1, 0.15) is 13.2 Å². The van der Waals surface area contributed by atoms with Crippen molar-refractivity contribution in [2.75, 3.05) is 13.2 Å². The van der Waals surface area contributed by atoms with Gasteiger partial charge in [-0.2, -0.15) is 5.10 Å². The van der Waals surface area contributed by atoms with Crippen molar-refractivity contribution in [2.45, 2.75) is 52.7 Å². The minimum Gasteiger partial charge on any atom is -0.486 e. The molecule has 0 saturated carbocycles. The van der Waals surface area contributed by atoms with Gasteiger partial charge in [-0.25, -0.2) is 0 Å². The maximum Gasteiger partial charge on any atom is 0.161 e. The lowest BCUT2D eigenvalue weighted by Crippen LogP contribution is -2.26. The maximum atomic E-state index is 5.73. The molecule has 25 heavy (non-hydrogen) atoms. The summed E-state index contributed by atoms with van der Waals surface area (Å²) in [5.74, 6) is 2.14. The van der Waals surface area contributed by atoms with E-state index >= 15 is 0 Å². The van der Waals surface area contributed by atoms with E-state index in [9.17, 15) is 0 Å². The van der Waals surface area contributed by atoms with Gasteiger partial charge in [0.25, 0.3) is 0 Å². The third-order valence-corrected chi connectivity index (χ3v) is 4.44. The van der Waals surface area contributed by atoms with E-state index in [2.05, 4.69) is 63.4 Å². The zero-order chi connectivity index (χ0) is 18.0. The highest BCUT2D eigenvalue weighted by atomic mass is 16.6. The molecule has 0 radical (unpaired) electrons. The van der Waals surface area contributed by atoms with E-state index in [0.717, 1.165) is 18.0 Å². The van der Waals surface area contributed by atoms with Crippen LogP contribution in [0.5, 0.6) is 11.5 Å². The average molecular weight is 343 g/mol. The fourth-order valence-corrected chi connectivity index (χ4v) is 3.04. The number of benzene rings is 1. The second-order valence-corrected chi connectivity index (χ2v) is 7.97. The van der Waals surface area contributed by atoms with Crippen molar-refractivity contribution in [3.8, 4) is 11.5 Å². The first-order valence-electron chi connectivity index (χ1n) is 9.01. The minimum absolute atomic E-state index is 0.00549. The smallest absolute Gasteiger partial charge is 0.161 e. The van der Waals surface area contributed by atoms with E-state index in [1.54, 1.807) is 0 Å². The van der Waals surface area contributed by atoms with Crippen LogP contribution in [0.4, 0.5) is 0 Å². The quantitative estimate of drug-likeness (QED) is 0.894. The molecule has 0 bridgehead atoms. The SMILES string of the molecule is CC(C)C(NCc1cnn(C(C)(C)C)c1)c1ccc2c(c1)OCCO2. The molecule has 1 aromatic heterocycles. The van der Waals surface area contributed by atoms with Gasteiger partial charge in [-0.3, -0.25) is 4.68 Å². The van der Waals surface area contributed by atoms with E-state index in [4.69, 9.17) is 9.47 Å². The van der Waals surface area contributed by atoms with Crippen molar-refractivity contribution in [3.63, 3.8) is 0 Å². The predicted molar refractivity (Wildman–Crippen MR) is 99.1 cm³/mol. The molecular weight excluding hydrogens is 314 g/mol. The zero-order valence-corrected chi connectivity index (χ0v) is 15.9. The molecule has 1 aromatic carbocycles. The summed E-state index contributed by atoms with van der Waals surface area (Å²) in [5, 5.41) is 8.15. The third kappa shape index (κ3) is 4.15. The van der Waals surface area contributed by atoms with Gasteiger partial charge in [0.15, 0.2) is 11.5 Å². The number of ether oxygens (including phenoxy) is 2. The summed E-state index contributed by atoms with van der Waals surface area (Å²) < 4.78 is 13.4. The fourth-order valence-electron chi connectivity index (χ4n) is 3.04. The highest BCUT2D eigenvalue weighted by Gasteiger charge is 2.20. The Bertz CT molecular complexity index is 716. The molecule has 1 aliphatic heterocycles. The summed E-state index contributed by atoms with van der Waals surface area (Å²) in [7, 11) is 0. The Balaban J connectivity index is 1.72. The Morgan fingerprint density at radius 3 is 2.52 bits per heavy atom. The number of nitrogens with one attached hydrogen (secondary N) is 1. The van der Waals surface area contributed by atoms with Crippen molar-refractivity contribution >= 4 is 0 Å². The highest BCUT2D eigenvalue weighted by molar-refractivity contribution is 5.44. The molecule has 0 fully saturated rings. The molecule has 2 aromatic rings. The lowest BCUT2D eigenvalue weighted by atomic mass is 9.95. The molecule has 2 heterocycles. The fraction of sp³-hybridized carbons (Fsp3) is 0.550. The Hall–Kier alpha value is -2.01. The van der Waals surface area contributed by atoms with Crippen molar-refractivity contribution in [1.82, 2.24) is 15.1 Å². The number of rotatable bonds is 5. The number of aromatic nitrogens is 2. The van der Waals surface area contributed by atoms with Crippen molar-refractivity contribution in [3.05, 3.63) is 41.7 Å². The summed E-state index contributed by atoms with van der Waals surface area (Å²) in [6.07, 6.45) is 4.06. The van der Waals surface area contributed by atoms with Crippen LogP contribution in [0, 0.1) is 5.92 Å². The Labute approximate surface area is 150 Å². The molecule has 5 nitrogen and oxygen atoms in total. The van der Waals surface area contributed by atoms with Crippen molar-refractivity contribution in [1.29, 1.82) is 0 Å². The summed E-state index contributed by atoms with van der Waals surface area (Å²) in [4.78, 5) is 0. The van der Waals surface area contributed by atoms with Crippen molar-refractivity contribution < 1.29 is 9.47 Å². The van der Waals surface area contributed by atoms with Gasteiger partial charge in [-0.15, -0.1) is 0 Å². The molecule has 0 amide bonds. The first kappa shape index (κ1) is 17.8. The van der Waals surface area contributed by atoms with Gasteiger partial charge in [0.2, 0.25) is 0 Å². The molecule has 3 rings (SSSR count). The first-order valence-corrected chi connectivity index (χ1v) is 9.01. The molecule has 0 saturated heterocycles. The molecule has 1 unspecified atom stereocenters. The molecule has 1 atom stereocenters.